The number of ether oxygens (including phenoxy) is 3. The summed E-state index contributed by atoms with van der Waals surface area (Å²) in [5, 5.41) is 11.7. The summed E-state index contributed by atoms with van der Waals surface area (Å²) in [5.41, 5.74) is 0. The fraction of sp³-hybridized carbons (Fsp3) is 0.691. The number of quaternary nitrogens is 1. The van der Waals surface area contributed by atoms with Gasteiger partial charge in [-0.2, -0.15) is 0 Å². The van der Waals surface area contributed by atoms with E-state index in [1.54, 1.807) is 21.1 Å². The normalized spacial score (nSPS) is 13.6. The number of hydrogen-bond donors (Lipinski definition) is 0. The first-order valence-electron chi connectivity index (χ1n) is 25.1. The number of hydrogen-bond acceptors (Lipinski definition) is 7. The Hall–Kier alpha value is -3.49. The van der Waals surface area contributed by atoms with E-state index in [0.29, 0.717) is 6.42 Å². The molecule has 2 atom stereocenters. The van der Waals surface area contributed by atoms with Gasteiger partial charge in [-0.15, -0.1) is 0 Å². The summed E-state index contributed by atoms with van der Waals surface area (Å²) >= 11 is 0. The van der Waals surface area contributed by atoms with Crippen LogP contribution in [0.25, 0.3) is 0 Å². The topological polar surface area (TPSA) is 102 Å². The standard InChI is InChI=1S/C55H93NO7/c1-6-8-10-12-14-16-18-20-22-24-26-27-28-30-31-33-35-37-39-41-43-45-53(57)62-50-51(49-61-48-47-52(55(59)60)56(3,4)5)63-54(58)46-44-42-40-38-36-34-32-29-25-23-21-19-17-15-13-11-9-7-2/h14,16,19-23,25-27,29-32,51-52H,6-13,15,17-18,24,28,33-50H2,1-5H3/b16-14+,21-19+,22-20+,25-23+,27-26+,31-30+,32-29+. The van der Waals surface area contributed by atoms with Gasteiger partial charge < -0.3 is 28.6 Å². The molecule has 0 aromatic carbocycles. The molecule has 2 unspecified atom stereocenters. The fourth-order valence-electron chi connectivity index (χ4n) is 6.88. The molecule has 0 spiro atoms. The molecule has 8 nitrogen and oxygen atoms in total. The quantitative estimate of drug-likeness (QED) is 0.0197. The number of aliphatic carboxylic acids is 1. The van der Waals surface area contributed by atoms with Gasteiger partial charge in [0, 0.05) is 19.3 Å². The van der Waals surface area contributed by atoms with Crippen LogP contribution in [0.3, 0.4) is 0 Å². The Morgan fingerprint density at radius 3 is 1.40 bits per heavy atom. The number of carboxylic acid groups (broad SMARTS) is 1. The highest BCUT2D eigenvalue weighted by atomic mass is 16.6. The van der Waals surface area contributed by atoms with Crippen molar-refractivity contribution in [3.8, 4) is 0 Å². The fourth-order valence-corrected chi connectivity index (χ4v) is 6.88. The minimum atomic E-state index is -1.13. The van der Waals surface area contributed by atoms with Crippen molar-refractivity contribution >= 4 is 17.9 Å². The molecule has 0 aromatic rings. The van der Waals surface area contributed by atoms with Gasteiger partial charge in [0.05, 0.1) is 40.3 Å². The Bertz CT molecular complexity index is 1300. The Morgan fingerprint density at radius 2 is 0.905 bits per heavy atom. The molecule has 0 saturated carbocycles. The lowest BCUT2D eigenvalue weighted by atomic mass is 10.1. The highest BCUT2D eigenvalue weighted by molar-refractivity contribution is 5.70. The third-order valence-electron chi connectivity index (χ3n) is 10.8. The lowest BCUT2D eigenvalue weighted by Crippen LogP contribution is -2.55. The molecule has 0 aliphatic carbocycles. The summed E-state index contributed by atoms with van der Waals surface area (Å²) in [6.45, 7) is 4.57. The van der Waals surface area contributed by atoms with Crippen molar-refractivity contribution in [2.24, 2.45) is 0 Å². The number of carbonyl (C=O) groups is 3. The van der Waals surface area contributed by atoms with Gasteiger partial charge in [-0.1, -0.05) is 176 Å². The van der Waals surface area contributed by atoms with E-state index in [0.717, 1.165) is 103 Å². The summed E-state index contributed by atoms with van der Waals surface area (Å²) in [7, 11) is 5.39. The Balaban J connectivity index is 4.37. The van der Waals surface area contributed by atoms with E-state index in [2.05, 4.69) is 98.9 Å². The minimum Gasteiger partial charge on any atom is -0.544 e. The SMILES string of the molecule is CCCCC/C=C/C/C=C/C/C=C/C/C=C/CCCCCCCC(=O)OCC(COCCC(C(=O)[O-])[N+](C)(C)C)OC(=O)CCCCCCC/C=C/C=C/C=C/CCCCCCC. The van der Waals surface area contributed by atoms with Crippen molar-refractivity contribution in [2.45, 2.75) is 206 Å². The number of carbonyl (C=O) groups excluding carboxylic acids is 3. The molecule has 360 valence electrons. The second-order valence-corrected chi connectivity index (χ2v) is 17.8. The van der Waals surface area contributed by atoms with E-state index in [9.17, 15) is 19.5 Å². The first-order valence-corrected chi connectivity index (χ1v) is 25.1. The van der Waals surface area contributed by atoms with E-state index in [-0.39, 0.29) is 49.1 Å². The molecule has 0 fully saturated rings. The second-order valence-electron chi connectivity index (χ2n) is 17.8. The zero-order chi connectivity index (χ0) is 46.3. The van der Waals surface area contributed by atoms with Crippen molar-refractivity contribution in [2.75, 3.05) is 41.0 Å². The molecule has 0 saturated heterocycles. The average molecular weight is 880 g/mol. The van der Waals surface area contributed by atoms with Crippen molar-refractivity contribution in [3.63, 3.8) is 0 Å². The number of nitrogens with zero attached hydrogens (tertiary/aromatic N) is 1. The maximum atomic E-state index is 12.8. The van der Waals surface area contributed by atoms with Crippen LogP contribution < -0.4 is 5.11 Å². The van der Waals surface area contributed by atoms with E-state index in [1.165, 1.54) is 57.8 Å². The summed E-state index contributed by atoms with van der Waals surface area (Å²) in [6, 6.07) is -0.738. The lowest BCUT2D eigenvalue weighted by Gasteiger charge is -2.34. The van der Waals surface area contributed by atoms with Crippen molar-refractivity contribution in [1.82, 2.24) is 0 Å². The van der Waals surface area contributed by atoms with Gasteiger partial charge in [-0.25, -0.2) is 0 Å². The Morgan fingerprint density at radius 1 is 0.492 bits per heavy atom. The maximum absolute atomic E-state index is 12.8. The van der Waals surface area contributed by atoms with Crippen LogP contribution in [0, 0.1) is 0 Å². The van der Waals surface area contributed by atoms with Gasteiger partial charge in [-0.3, -0.25) is 9.59 Å². The monoisotopic (exact) mass is 880 g/mol. The van der Waals surface area contributed by atoms with Crippen LogP contribution in [0.1, 0.15) is 194 Å². The van der Waals surface area contributed by atoms with E-state index < -0.39 is 18.1 Å². The third kappa shape index (κ3) is 43.5. The van der Waals surface area contributed by atoms with Crippen LogP contribution in [0.5, 0.6) is 0 Å². The lowest BCUT2D eigenvalue weighted by molar-refractivity contribution is -0.889. The molecule has 0 rings (SSSR count). The number of rotatable bonds is 44. The summed E-state index contributed by atoms with van der Waals surface area (Å²) in [4.78, 5) is 37.0. The van der Waals surface area contributed by atoms with E-state index in [1.807, 2.05) is 0 Å². The molecule has 63 heavy (non-hydrogen) atoms. The molecule has 0 N–H and O–H groups in total. The zero-order valence-electron chi connectivity index (χ0n) is 41.0. The van der Waals surface area contributed by atoms with Gasteiger partial charge in [-0.05, 0) is 83.5 Å². The summed E-state index contributed by atoms with van der Waals surface area (Å²) in [5.74, 6) is -1.79. The predicted octanol–water partition coefficient (Wildman–Crippen LogP) is 13.1. The van der Waals surface area contributed by atoms with Crippen LogP contribution in [-0.2, 0) is 28.6 Å². The van der Waals surface area contributed by atoms with Crippen LogP contribution in [0.15, 0.2) is 85.1 Å². The van der Waals surface area contributed by atoms with Gasteiger partial charge in [0.2, 0.25) is 0 Å². The number of esters is 2. The van der Waals surface area contributed by atoms with Crippen molar-refractivity contribution < 1.29 is 38.2 Å². The first kappa shape index (κ1) is 59.5. The molecule has 8 heteroatoms. The number of allylic oxidation sites excluding steroid dienone is 14. The van der Waals surface area contributed by atoms with Gasteiger partial charge in [0.15, 0.2) is 6.10 Å². The van der Waals surface area contributed by atoms with Crippen LogP contribution >= 0.6 is 0 Å². The van der Waals surface area contributed by atoms with E-state index >= 15 is 0 Å². The Kier molecular flexibility index (Phi) is 42.6. The third-order valence-corrected chi connectivity index (χ3v) is 10.8. The minimum absolute atomic E-state index is 0.0213. The molecular weight excluding hydrogens is 787 g/mol. The van der Waals surface area contributed by atoms with Crippen molar-refractivity contribution in [3.05, 3.63) is 85.1 Å². The van der Waals surface area contributed by atoms with Crippen LogP contribution in [0.4, 0.5) is 0 Å². The summed E-state index contributed by atoms with van der Waals surface area (Å²) < 4.78 is 17.2. The zero-order valence-corrected chi connectivity index (χ0v) is 41.0. The maximum Gasteiger partial charge on any atom is 0.306 e. The smallest absolute Gasteiger partial charge is 0.306 e. The molecule has 0 bridgehead atoms. The van der Waals surface area contributed by atoms with Gasteiger partial charge >= 0.3 is 11.9 Å². The number of likely N-dealkylation sites (N-methyl/N-ethyl adjacent to an activating group) is 1. The molecule has 0 aromatic heterocycles. The molecule has 0 aliphatic rings. The van der Waals surface area contributed by atoms with Crippen LogP contribution in [-0.4, -0.2) is 75.5 Å². The van der Waals surface area contributed by atoms with E-state index in [4.69, 9.17) is 14.2 Å². The molecule has 0 radical (unpaired) electrons. The summed E-state index contributed by atoms with van der Waals surface area (Å²) in [6.07, 6.45) is 58.9. The molecule has 0 aliphatic heterocycles. The van der Waals surface area contributed by atoms with Crippen LogP contribution in [0.2, 0.25) is 0 Å². The number of carboxylic acids is 1. The van der Waals surface area contributed by atoms with Crippen molar-refractivity contribution in [1.29, 1.82) is 0 Å². The Labute approximate surface area is 386 Å². The van der Waals surface area contributed by atoms with Gasteiger partial charge in [0.1, 0.15) is 12.6 Å². The number of unbranched alkanes of at least 4 members (excludes halogenated alkanes) is 18. The highest BCUT2D eigenvalue weighted by Gasteiger charge is 2.25. The molecule has 0 amide bonds. The highest BCUT2D eigenvalue weighted by Crippen LogP contribution is 2.13. The second kappa shape index (κ2) is 45.1. The largest absolute Gasteiger partial charge is 0.544 e. The van der Waals surface area contributed by atoms with Gasteiger partial charge in [0.25, 0.3) is 0 Å². The molecular formula is C55H93NO7. The first-order chi connectivity index (χ1) is 30.6. The average Bonchev–Trinajstić information content (AvgIpc) is 3.24. The molecule has 0 heterocycles. The predicted molar refractivity (Wildman–Crippen MR) is 263 cm³/mol.